The van der Waals surface area contributed by atoms with Crippen LogP contribution in [0.1, 0.15) is 59.3 Å². The summed E-state index contributed by atoms with van der Waals surface area (Å²) >= 11 is 0. The number of rotatable bonds is 1. The van der Waals surface area contributed by atoms with E-state index in [1.807, 2.05) is 0 Å². The molecule has 116 valence electrons. The maximum absolute atomic E-state index is 12.5. The van der Waals surface area contributed by atoms with Gasteiger partial charge >= 0.3 is 0 Å². The molecule has 2 heteroatoms. The summed E-state index contributed by atoms with van der Waals surface area (Å²) in [6.45, 7) is 10.8. The number of hydrogen-bond donors (Lipinski definition) is 1. The smallest absolute Gasteiger partial charge is 0.202 e. The number of ketones is 1. The number of allylic oxidation sites excluding steroid dienone is 3. The van der Waals surface area contributed by atoms with Gasteiger partial charge in [-0.25, -0.2) is 0 Å². The van der Waals surface area contributed by atoms with Gasteiger partial charge in [0, 0.05) is 5.41 Å². The molecule has 21 heavy (non-hydrogen) atoms. The van der Waals surface area contributed by atoms with Crippen molar-refractivity contribution in [3.05, 3.63) is 24.5 Å². The van der Waals surface area contributed by atoms with Crippen LogP contribution in [0.2, 0.25) is 0 Å². The molecule has 0 radical (unpaired) electrons. The first-order chi connectivity index (χ1) is 9.75. The van der Waals surface area contributed by atoms with Crippen LogP contribution >= 0.6 is 0 Å². The highest BCUT2D eigenvalue weighted by Gasteiger charge is 2.59. The van der Waals surface area contributed by atoms with E-state index < -0.39 is 0 Å². The molecule has 3 aliphatic rings. The SMILES string of the molecule is C=CC1(C)CCC2(C)C(CCC3(C)C(=O)C(O)=CCC32)C1. The lowest BCUT2D eigenvalue weighted by Gasteiger charge is -2.60. The van der Waals surface area contributed by atoms with Crippen molar-refractivity contribution in [2.45, 2.75) is 59.3 Å². The quantitative estimate of drug-likeness (QED) is 0.703. The second kappa shape index (κ2) is 4.47. The number of Topliss-reactive ketones (excluding diaryl/α,β-unsaturated/α-hetero) is 1. The highest BCUT2D eigenvalue weighted by atomic mass is 16.3. The minimum atomic E-state index is -0.355. The average molecular weight is 288 g/mol. The lowest BCUT2D eigenvalue weighted by Crippen LogP contribution is -2.56. The Morgan fingerprint density at radius 1 is 1.29 bits per heavy atom. The fraction of sp³-hybridized carbons (Fsp3) is 0.737. The molecule has 0 heterocycles. The van der Waals surface area contributed by atoms with E-state index in [-0.39, 0.29) is 27.8 Å². The van der Waals surface area contributed by atoms with E-state index >= 15 is 0 Å². The maximum atomic E-state index is 12.5. The molecular weight excluding hydrogens is 260 g/mol. The van der Waals surface area contributed by atoms with Crippen molar-refractivity contribution in [1.29, 1.82) is 0 Å². The molecule has 5 unspecified atom stereocenters. The Kier molecular flexibility index (Phi) is 3.17. The van der Waals surface area contributed by atoms with Crippen molar-refractivity contribution in [1.82, 2.24) is 0 Å². The van der Waals surface area contributed by atoms with E-state index in [4.69, 9.17) is 0 Å². The molecule has 0 spiro atoms. The van der Waals surface area contributed by atoms with E-state index in [0.717, 1.165) is 19.3 Å². The number of carbonyl (C=O) groups is 1. The fourth-order valence-corrected chi connectivity index (χ4v) is 5.52. The summed E-state index contributed by atoms with van der Waals surface area (Å²) < 4.78 is 0. The van der Waals surface area contributed by atoms with Crippen LogP contribution in [0.3, 0.4) is 0 Å². The van der Waals surface area contributed by atoms with Gasteiger partial charge in [-0.15, -0.1) is 6.58 Å². The summed E-state index contributed by atoms with van der Waals surface area (Å²) in [5.74, 6) is 1.04. The van der Waals surface area contributed by atoms with Gasteiger partial charge in [-0.2, -0.15) is 0 Å². The second-order valence-electron chi connectivity index (χ2n) is 8.43. The number of fused-ring (bicyclic) bond motifs is 3. The van der Waals surface area contributed by atoms with E-state index in [9.17, 15) is 9.90 Å². The van der Waals surface area contributed by atoms with Crippen molar-refractivity contribution in [2.75, 3.05) is 0 Å². The van der Waals surface area contributed by atoms with Crippen LogP contribution < -0.4 is 0 Å². The summed E-state index contributed by atoms with van der Waals surface area (Å²) in [4.78, 5) is 12.5. The molecule has 0 aliphatic heterocycles. The maximum Gasteiger partial charge on any atom is 0.202 e. The summed E-state index contributed by atoms with van der Waals surface area (Å²) in [6, 6.07) is 0. The Morgan fingerprint density at radius 3 is 2.67 bits per heavy atom. The molecule has 0 aromatic carbocycles. The molecule has 1 N–H and O–H groups in total. The van der Waals surface area contributed by atoms with E-state index in [1.165, 1.54) is 19.3 Å². The van der Waals surface area contributed by atoms with Crippen molar-refractivity contribution in [2.24, 2.45) is 28.1 Å². The molecule has 5 atom stereocenters. The van der Waals surface area contributed by atoms with E-state index in [0.29, 0.717) is 11.8 Å². The Labute approximate surface area is 128 Å². The summed E-state index contributed by atoms with van der Waals surface area (Å²) in [5, 5.41) is 9.88. The lowest BCUT2D eigenvalue weighted by molar-refractivity contribution is -0.150. The van der Waals surface area contributed by atoms with Crippen molar-refractivity contribution in [3.8, 4) is 0 Å². The zero-order valence-corrected chi connectivity index (χ0v) is 13.6. The predicted octanol–water partition coefficient (Wildman–Crippen LogP) is 4.82. The van der Waals surface area contributed by atoms with Gasteiger partial charge in [0.05, 0.1) is 0 Å². The monoisotopic (exact) mass is 288 g/mol. The standard InChI is InChI=1S/C19H28O2/c1-5-17(2)10-11-18(3)13(12-17)8-9-19(4)15(18)7-6-14(20)16(19)21/h5-6,13,15,20H,1,7-12H2,2-4H3. The van der Waals surface area contributed by atoms with Crippen LogP contribution in [-0.4, -0.2) is 10.9 Å². The third kappa shape index (κ3) is 1.94. The summed E-state index contributed by atoms with van der Waals surface area (Å²) in [6.07, 6.45) is 10.3. The number of hydrogen-bond acceptors (Lipinski definition) is 2. The minimum absolute atomic E-state index is 0.00235. The third-order valence-corrected chi connectivity index (χ3v) is 7.25. The van der Waals surface area contributed by atoms with Crippen LogP contribution in [0.25, 0.3) is 0 Å². The van der Waals surface area contributed by atoms with Crippen LogP contribution in [0, 0.1) is 28.1 Å². The van der Waals surface area contributed by atoms with Gasteiger partial charge in [0.15, 0.2) is 5.76 Å². The Balaban J connectivity index is 1.96. The highest BCUT2D eigenvalue weighted by Crippen LogP contribution is 2.64. The Bertz CT molecular complexity index is 520. The van der Waals surface area contributed by atoms with Gasteiger partial charge < -0.3 is 5.11 Å². The largest absolute Gasteiger partial charge is 0.505 e. The molecule has 3 aliphatic carbocycles. The molecule has 2 saturated carbocycles. The Hall–Kier alpha value is -1.05. The first kappa shape index (κ1) is 14.9. The molecule has 0 amide bonds. The molecule has 3 rings (SSSR count). The van der Waals surface area contributed by atoms with Crippen molar-refractivity contribution >= 4 is 5.78 Å². The van der Waals surface area contributed by atoms with Crippen LogP contribution in [-0.2, 0) is 4.79 Å². The summed E-state index contributed by atoms with van der Waals surface area (Å²) in [7, 11) is 0. The van der Waals surface area contributed by atoms with E-state index in [1.54, 1.807) is 6.08 Å². The van der Waals surface area contributed by atoms with Gasteiger partial charge in [0.1, 0.15) is 0 Å². The van der Waals surface area contributed by atoms with Crippen LogP contribution in [0.4, 0.5) is 0 Å². The molecule has 0 aromatic heterocycles. The predicted molar refractivity (Wildman–Crippen MR) is 84.9 cm³/mol. The van der Waals surface area contributed by atoms with Gasteiger partial charge in [0.2, 0.25) is 5.78 Å². The van der Waals surface area contributed by atoms with Gasteiger partial charge in [-0.1, -0.05) is 26.8 Å². The normalized spacial score (nSPS) is 49.9. The second-order valence-corrected chi connectivity index (χ2v) is 8.43. The van der Waals surface area contributed by atoms with Crippen molar-refractivity contribution in [3.63, 3.8) is 0 Å². The van der Waals surface area contributed by atoms with Crippen LogP contribution in [0.5, 0.6) is 0 Å². The highest BCUT2D eigenvalue weighted by molar-refractivity contribution is 5.98. The van der Waals surface area contributed by atoms with Crippen LogP contribution in [0.15, 0.2) is 24.5 Å². The topological polar surface area (TPSA) is 37.3 Å². The molecule has 0 saturated heterocycles. The zero-order chi connectivity index (χ0) is 15.5. The molecular formula is C19H28O2. The lowest BCUT2D eigenvalue weighted by atomic mass is 9.43. The third-order valence-electron chi connectivity index (χ3n) is 7.25. The van der Waals surface area contributed by atoms with Gasteiger partial charge in [-0.05, 0) is 67.3 Å². The fourth-order valence-electron chi connectivity index (χ4n) is 5.52. The molecule has 2 fully saturated rings. The number of aliphatic hydroxyl groups excluding tert-OH is 1. The number of carbonyl (C=O) groups excluding carboxylic acids is 1. The molecule has 0 bridgehead atoms. The first-order valence-electron chi connectivity index (χ1n) is 8.33. The zero-order valence-electron chi connectivity index (χ0n) is 13.6. The van der Waals surface area contributed by atoms with Crippen molar-refractivity contribution < 1.29 is 9.90 Å². The first-order valence-corrected chi connectivity index (χ1v) is 8.33. The molecule has 0 aromatic rings. The van der Waals surface area contributed by atoms with E-state index in [2.05, 4.69) is 33.4 Å². The average Bonchev–Trinajstić information content (AvgIpc) is 2.46. The number of aliphatic hydroxyl groups is 1. The Morgan fingerprint density at radius 2 is 2.00 bits per heavy atom. The van der Waals surface area contributed by atoms with Gasteiger partial charge in [0.25, 0.3) is 0 Å². The summed E-state index contributed by atoms with van der Waals surface area (Å²) in [5.41, 5.74) is 0.128. The minimum Gasteiger partial charge on any atom is -0.505 e. The molecule has 2 nitrogen and oxygen atoms in total. The van der Waals surface area contributed by atoms with Gasteiger partial charge in [-0.3, -0.25) is 4.79 Å².